The van der Waals surface area contributed by atoms with Crippen LogP contribution in [-0.4, -0.2) is 41.7 Å². The van der Waals surface area contributed by atoms with Crippen LogP contribution < -0.4 is 15.8 Å². The minimum Gasteiger partial charge on any atom is -0.493 e. The van der Waals surface area contributed by atoms with Gasteiger partial charge in [0.25, 0.3) is 0 Å². The minimum absolute atomic E-state index is 0.0412. The number of piperidine rings is 1. The monoisotopic (exact) mass is 406 g/mol. The van der Waals surface area contributed by atoms with Crippen LogP contribution in [0.4, 0.5) is 11.5 Å². The van der Waals surface area contributed by atoms with Crippen LogP contribution in [-0.2, 0) is 13.2 Å². The summed E-state index contributed by atoms with van der Waals surface area (Å²) in [7, 11) is 2.16. The lowest BCUT2D eigenvalue weighted by molar-refractivity contribution is 0.157. The third-order valence-corrected chi connectivity index (χ3v) is 5.90. The van der Waals surface area contributed by atoms with Gasteiger partial charge in [-0.3, -0.25) is 0 Å². The van der Waals surface area contributed by atoms with E-state index in [0.717, 1.165) is 59.3 Å². The molecule has 3 aromatic rings. The van der Waals surface area contributed by atoms with Crippen LogP contribution in [0.3, 0.4) is 0 Å². The third kappa shape index (κ3) is 4.83. The zero-order valence-electron chi connectivity index (χ0n) is 17.5. The highest BCUT2D eigenvalue weighted by Gasteiger charge is 2.17. The van der Waals surface area contributed by atoms with Gasteiger partial charge < -0.3 is 25.8 Å². The largest absolute Gasteiger partial charge is 0.493 e. The van der Waals surface area contributed by atoms with Gasteiger partial charge in [0.2, 0.25) is 0 Å². The van der Waals surface area contributed by atoms with Crippen LogP contribution >= 0.6 is 0 Å². The molecule has 158 valence electrons. The lowest BCUT2D eigenvalue weighted by Gasteiger charge is -2.29. The van der Waals surface area contributed by atoms with E-state index in [-0.39, 0.29) is 6.61 Å². The van der Waals surface area contributed by atoms with E-state index in [1.165, 1.54) is 0 Å². The number of nitrogens with zero attached hydrogens (tertiary/aromatic N) is 2. The molecule has 2 aromatic carbocycles. The van der Waals surface area contributed by atoms with Crippen LogP contribution in [0.2, 0.25) is 0 Å². The van der Waals surface area contributed by atoms with Gasteiger partial charge in [-0.25, -0.2) is 4.98 Å². The van der Waals surface area contributed by atoms with Crippen molar-refractivity contribution in [3.8, 4) is 5.75 Å². The average molecular weight is 407 g/mol. The first-order valence-electron chi connectivity index (χ1n) is 10.5. The number of nitrogen functional groups attached to an aromatic ring is 1. The Balaban J connectivity index is 1.38. The van der Waals surface area contributed by atoms with E-state index in [9.17, 15) is 5.11 Å². The number of likely N-dealkylation sites (tertiary alicyclic amines) is 1. The normalized spacial score (nSPS) is 15.4. The summed E-state index contributed by atoms with van der Waals surface area (Å²) in [6.07, 6.45) is 4.06. The molecule has 1 aliphatic heterocycles. The van der Waals surface area contributed by atoms with Crippen LogP contribution in [0.25, 0.3) is 10.8 Å². The molecule has 2 heterocycles. The Bertz CT molecular complexity index is 1000. The number of hydrogen-bond acceptors (Lipinski definition) is 6. The van der Waals surface area contributed by atoms with Crippen LogP contribution in [0.5, 0.6) is 5.75 Å². The Kier molecular flexibility index (Phi) is 6.35. The van der Waals surface area contributed by atoms with Gasteiger partial charge in [0.05, 0.1) is 13.2 Å². The first-order valence-corrected chi connectivity index (χ1v) is 10.5. The predicted molar refractivity (Wildman–Crippen MR) is 122 cm³/mol. The number of rotatable bonds is 7. The molecule has 1 saturated heterocycles. The number of anilines is 2. The van der Waals surface area contributed by atoms with Crippen molar-refractivity contribution in [1.82, 2.24) is 9.88 Å². The van der Waals surface area contributed by atoms with Crippen molar-refractivity contribution < 1.29 is 9.84 Å². The topological polar surface area (TPSA) is 83.6 Å². The lowest BCUT2D eigenvalue weighted by atomic mass is 9.98. The molecular formula is C24H30N4O2. The Morgan fingerprint density at radius 1 is 1.17 bits per heavy atom. The molecule has 4 N–H and O–H groups in total. The number of benzene rings is 2. The van der Waals surface area contributed by atoms with Gasteiger partial charge in [-0.05, 0) is 80.2 Å². The molecule has 0 saturated carbocycles. The number of ether oxygens (including phenoxy) is 1. The van der Waals surface area contributed by atoms with E-state index in [1.807, 2.05) is 30.3 Å². The van der Waals surface area contributed by atoms with Crippen molar-refractivity contribution in [3.63, 3.8) is 0 Å². The van der Waals surface area contributed by atoms with Gasteiger partial charge in [0, 0.05) is 29.4 Å². The highest BCUT2D eigenvalue weighted by atomic mass is 16.5. The summed E-state index contributed by atoms with van der Waals surface area (Å²) in [6, 6.07) is 14.1. The number of nitrogens with one attached hydrogen (secondary N) is 1. The standard InChI is InChI=1S/C24H30N4O2/c1-28-10-7-17(8-11-28)16-30-23-5-3-21(13-20(23)15-29)27-14-18-2-4-22-19(12-18)6-9-26-24(22)25/h2-6,9,12-13,17,27,29H,7-8,10-11,14-16H2,1H3,(H2,25,26). The molecule has 0 aliphatic carbocycles. The summed E-state index contributed by atoms with van der Waals surface area (Å²) in [4.78, 5) is 6.49. The Labute approximate surface area is 177 Å². The molecule has 30 heavy (non-hydrogen) atoms. The number of fused-ring (bicyclic) bond motifs is 1. The zero-order chi connectivity index (χ0) is 20.9. The van der Waals surface area contributed by atoms with Gasteiger partial charge in [0.1, 0.15) is 11.6 Å². The summed E-state index contributed by atoms with van der Waals surface area (Å²) < 4.78 is 6.06. The quantitative estimate of drug-likeness (QED) is 0.556. The second-order valence-corrected chi connectivity index (χ2v) is 8.14. The van der Waals surface area contributed by atoms with Gasteiger partial charge in [-0.15, -0.1) is 0 Å². The average Bonchev–Trinajstić information content (AvgIpc) is 2.77. The maximum Gasteiger partial charge on any atom is 0.131 e. The molecular weight excluding hydrogens is 376 g/mol. The summed E-state index contributed by atoms with van der Waals surface area (Å²) in [5, 5.41) is 15.3. The summed E-state index contributed by atoms with van der Waals surface area (Å²) in [5.74, 6) is 1.91. The van der Waals surface area contributed by atoms with E-state index in [4.69, 9.17) is 10.5 Å². The number of aliphatic hydroxyl groups is 1. The van der Waals surface area contributed by atoms with Crippen molar-refractivity contribution in [2.45, 2.75) is 26.0 Å². The fraction of sp³-hybridized carbons (Fsp3) is 0.375. The van der Waals surface area contributed by atoms with E-state index >= 15 is 0 Å². The third-order valence-electron chi connectivity index (χ3n) is 5.90. The van der Waals surface area contributed by atoms with Gasteiger partial charge in [-0.1, -0.05) is 12.1 Å². The molecule has 1 aromatic heterocycles. The highest BCUT2D eigenvalue weighted by molar-refractivity contribution is 5.91. The fourth-order valence-electron chi connectivity index (χ4n) is 3.95. The second kappa shape index (κ2) is 9.32. The first kappa shape index (κ1) is 20.4. The van der Waals surface area contributed by atoms with Crippen molar-refractivity contribution in [1.29, 1.82) is 0 Å². The molecule has 0 spiro atoms. The molecule has 1 aliphatic rings. The zero-order valence-corrected chi connectivity index (χ0v) is 17.5. The van der Waals surface area contributed by atoms with Crippen LogP contribution in [0.1, 0.15) is 24.0 Å². The Hall–Kier alpha value is -2.83. The molecule has 0 unspecified atom stereocenters. The Morgan fingerprint density at radius 3 is 2.80 bits per heavy atom. The van der Waals surface area contributed by atoms with Crippen molar-refractivity contribution in [2.24, 2.45) is 5.92 Å². The number of aromatic nitrogens is 1. The maximum atomic E-state index is 9.81. The summed E-state index contributed by atoms with van der Waals surface area (Å²) in [5.41, 5.74) is 8.85. The van der Waals surface area contributed by atoms with E-state index in [2.05, 4.69) is 34.4 Å². The first-order chi connectivity index (χ1) is 14.6. The number of aliphatic hydroxyl groups excluding tert-OH is 1. The maximum absolute atomic E-state index is 9.81. The Morgan fingerprint density at radius 2 is 2.00 bits per heavy atom. The van der Waals surface area contributed by atoms with E-state index in [0.29, 0.717) is 24.9 Å². The van der Waals surface area contributed by atoms with Gasteiger partial charge >= 0.3 is 0 Å². The van der Waals surface area contributed by atoms with Crippen molar-refractivity contribution in [3.05, 3.63) is 59.8 Å². The predicted octanol–water partition coefficient (Wildman–Crippen LogP) is 3.64. The minimum atomic E-state index is -0.0412. The van der Waals surface area contributed by atoms with Crippen molar-refractivity contribution >= 4 is 22.3 Å². The van der Waals surface area contributed by atoms with Crippen LogP contribution in [0.15, 0.2) is 48.7 Å². The molecule has 0 atom stereocenters. The lowest BCUT2D eigenvalue weighted by Crippen LogP contribution is -2.32. The van der Waals surface area contributed by atoms with Crippen LogP contribution in [0, 0.1) is 5.92 Å². The molecule has 6 heteroatoms. The smallest absolute Gasteiger partial charge is 0.131 e. The molecule has 4 rings (SSSR count). The van der Waals surface area contributed by atoms with E-state index in [1.54, 1.807) is 6.20 Å². The van der Waals surface area contributed by atoms with Crippen molar-refractivity contribution in [2.75, 3.05) is 37.8 Å². The SMILES string of the molecule is CN1CCC(COc2ccc(NCc3ccc4c(N)nccc4c3)cc2CO)CC1. The second-order valence-electron chi connectivity index (χ2n) is 8.14. The molecule has 0 bridgehead atoms. The highest BCUT2D eigenvalue weighted by Crippen LogP contribution is 2.26. The molecule has 6 nitrogen and oxygen atoms in total. The fourth-order valence-corrected chi connectivity index (χ4v) is 3.95. The number of pyridine rings is 1. The molecule has 1 fully saturated rings. The molecule has 0 radical (unpaired) electrons. The number of hydrogen-bond donors (Lipinski definition) is 3. The van der Waals surface area contributed by atoms with E-state index < -0.39 is 0 Å². The summed E-state index contributed by atoms with van der Waals surface area (Å²) >= 11 is 0. The number of nitrogens with two attached hydrogens (primary N) is 1. The summed E-state index contributed by atoms with van der Waals surface area (Å²) in [6.45, 7) is 3.60. The molecule has 0 amide bonds. The van der Waals surface area contributed by atoms with Gasteiger partial charge in [-0.2, -0.15) is 0 Å². The van der Waals surface area contributed by atoms with Gasteiger partial charge in [0.15, 0.2) is 0 Å².